The van der Waals surface area contributed by atoms with Gasteiger partial charge in [-0.05, 0) is 127 Å². The van der Waals surface area contributed by atoms with Crippen LogP contribution in [0.3, 0.4) is 0 Å². The minimum atomic E-state index is -1.66. The maximum atomic E-state index is 15.5. The van der Waals surface area contributed by atoms with Crippen LogP contribution in [0.25, 0.3) is 0 Å². The van der Waals surface area contributed by atoms with Crippen molar-refractivity contribution in [3.05, 3.63) is 12.2 Å². The van der Waals surface area contributed by atoms with Crippen molar-refractivity contribution in [3.8, 4) is 0 Å². The van der Waals surface area contributed by atoms with Gasteiger partial charge >= 0.3 is 0 Å². The SMILES string of the molecule is CC=CC[C@@H](C)[C@@H](O)[C@H]1C(=O)N[C@@H](CC)C(=O)N(C)[C@H](CSCCCN2CCN(CC)CC2)C(=O)N(C)[C@@H](CC(C)(C)O)C(=O)N[C@@H](C(C)C)C(=O)N(C)[C@@H](CC(C)C)C(=O)N[C@@H](C)C(=O)N[C@H](C)C(=O)N(C)[C@@H](CC(C)C)C(=O)N(C)[C@@H](CC(C)C)C(=O)N(C)[C@@H](C(C)C)C(=O)N1C. The molecule has 2 rings (SSSR count). The lowest BCUT2D eigenvalue weighted by Crippen LogP contribution is -2.64. The second-order valence-electron chi connectivity index (χ2n) is 30.4. The summed E-state index contributed by atoms with van der Waals surface area (Å²) in [5.74, 6) is -9.59. The Morgan fingerprint density at radius 3 is 1.43 bits per heavy atom. The molecule has 2 aliphatic rings. The number of hydrogen-bond acceptors (Lipinski definition) is 16. The lowest BCUT2D eigenvalue weighted by molar-refractivity contribution is -0.157. The second kappa shape index (κ2) is 41.3. The van der Waals surface area contributed by atoms with Crippen molar-refractivity contribution in [2.45, 2.75) is 248 Å². The molecule has 0 radical (unpaired) electrons. The van der Waals surface area contributed by atoms with E-state index in [1.54, 1.807) is 54.5 Å². The first kappa shape index (κ1) is 89.2. The van der Waals surface area contributed by atoms with E-state index < -0.39 is 161 Å². The zero-order valence-electron chi connectivity index (χ0n) is 65.0. The Hall–Kier alpha value is -5.90. The van der Waals surface area contributed by atoms with Crippen LogP contribution >= 0.6 is 11.8 Å². The monoisotopic (exact) mass is 1420 g/mol. The fraction of sp³-hybridized carbons (Fsp3) is 0.819. The lowest BCUT2D eigenvalue weighted by Gasteiger charge is -2.41. The first-order chi connectivity index (χ1) is 45.9. The van der Waals surface area contributed by atoms with Gasteiger partial charge in [0.25, 0.3) is 0 Å². The molecule has 2 aliphatic heterocycles. The van der Waals surface area contributed by atoms with E-state index in [0.717, 1.165) is 55.5 Å². The number of aliphatic hydroxyl groups is 2. The summed E-state index contributed by atoms with van der Waals surface area (Å²) in [6.45, 7) is 36.7. The molecule has 26 nitrogen and oxygen atoms in total. The van der Waals surface area contributed by atoms with Gasteiger partial charge in [0.1, 0.15) is 66.5 Å². The van der Waals surface area contributed by atoms with E-state index >= 15 is 33.6 Å². The first-order valence-corrected chi connectivity index (χ1v) is 37.2. The van der Waals surface area contributed by atoms with E-state index in [1.807, 2.05) is 47.6 Å². The molecule has 11 amide bonds. The summed E-state index contributed by atoms with van der Waals surface area (Å²) in [5, 5.41) is 35.0. The highest BCUT2D eigenvalue weighted by Gasteiger charge is 2.47. The van der Waals surface area contributed by atoms with Crippen molar-refractivity contribution < 1.29 is 63.0 Å². The molecule has 99 heavy (non-hydrogen) atoms. The molecule has 13 atom stereocenters. The summed E-state index contributed by atoms with van der Waals surface area (Å²) in [7, 11) is 9.95. The number of nitrogens with one attached hydrogen (secondary N) is 4. The van der Waals surface area contributed by atoms with Crippen LogP contribution in [-0.4, -0.2) is 298 Å². The molecule has 0 unspecified atom stereocenters. The van der Waals surface area contributed by atoms with Crippen molar-refractivity contribution in [2.24, 2.45) is 35.5 Å². The number of nitrogens with zero attached hydrogens (tertiary/aromatic N) is 9. The molecule has 0 aromatic heterocycles. The summed E-state index contributed by atoms with van der Waals surface area (Å²) in [4.78, 5) is 178. The summed E-state index contributed by atoms with van der Waals surface area (Å²) in [5.41, 5.74) is -1.59. The van der Waals surface area contributed by atoms with Crippen LogP contribution < -0.4 is 21.3 Å². The van der Waals surface area contributed by atoms with Crippen molar-refractivity contribution in [2.75, 3.05) is 100 Å². The lowest BCUT2D eigenvalue weighted by atomic mass is 9.91. The summed E-state index contributed by atoms with van der Waals surface area (Å²) < 4.78 is 0. The number of hydrogen-bond donors (Lipinski definition) is 6. The highest BCUT2D eigenvalue weighted by Crippen LogP contribution is 2.27. The average molecular weight is 1420 g/mol. The van der Waals surface area contributed by atoms with Gasteiger partial charge in [0, 0.05) is 87.7 Å². The largest absolute Gasteiger partial charge is 0.390 e. The molecular formula is C72H131N13O13S. The molecule has 2 fully saturated rings. The maximum absolute atomic E-state index is 15.5. The number of aliphatic hydroxyl groups excluding tert-OH is 1. The number of rotatable bonds is 22. The van der Waals surface area contributed by atoms with Gasteiger partial charge in [0.05, 0.1) is 11.7 Å². The number of amides is 11. The number of allylic oxidation sites excluding steroid dienone is 2. The molecular weight excluding hydrogens is 1290 g/mol. The fourth-order valence-electron chi connectivity index (χ4n) is 12.9. The zero-order chi connectivity index (χ0) is 76.0. The Kier molecular flexibility index (Phi) is 37.2. The molecule has 0 saturated carbocycles. The third-order valence-corrected chi connectivity index (χ3v) is 20.5. The third kappa shape index (κ3) is 26.1. The molecule has 0 aliphatic carbocycles. The van der Waals surface area contributed by atoms with Gasteiger partial charge in [-0.3, -0.25) is 52.7 Å². The maximum Gasteiger partial charge on any atom is 0.246 e. The summed E-state index contributed by atoms with van der Waals surface area (Å²) in [6.07, 6.45) is 3.14. The van der Waals surface area contributed by atoms with Crippen molar-refractivity contribution in [3.63, 3.8) is 0 Å². The Labute approximate surface area is 597 Å². The quantitative estimate of drug-likeness (QED) is 0.0668. The van der Waals surface area contributed by atoms with Crippen molar-refractivity contribution >= 4 is 76.7 Å². The molecule has 2 saturated heterocycles. The number of carbonyl (C=O) groups is 11. The molecule has 6 N–H and O–H groups in total. The first-order valence-electron chi connectivity index (χ1n) is 36.0. The normalized spacial score (nSPS) is 27.0. The predicted molar refractivity (Wildman–Crippen MR) is 389 cm³/mol. The average Bonchev–Trinajstić information content (AvgIpc) is 0.808. The van der Waals surface area contributed by atoms with Crippen LogP contribution in [0.4, 0.5) is 0 Å². The predicted octanol–water partition coefficient (Wildman–Crippen LogP) is 3.51. The van der Waals surface area contributed by atoms with E-state index in [0.29, 0.717) is 5.75 Å². The minimum absolute atomic E-state index is 0.0223. The molecule has 27 heteroatoms. The van der Waals surface area contributed by atoms with Crippen LogP contribution in [0, 0.1) is 35.5 Å². The Balaban J connectivity index is 3.11. The van der Waals surface area contributed by atoms with Crippen LogP contribution in [0.1, 0.15) is 170 Å². The van der Waals surface area contributed by atoms with Gasteiger partial charge < -0.3 is 75.6 Å². The van der Waals surface area contributed by atoms with E-state index in [2.05, 4.69) is 38.0 Å². The molecule has 568 valence electrons. The summed E-state index contributed by atoms with van der Waals surface area (Å²) in [6, 6.07) is -14.4. The van der Waals surface area contributed by atoms with Gasteiger partial charge in [0.2, 0.25) is 65.0 Å². The second-order valence-corrected chi connectivity index (χ2v) is 31.5. The minimum Gasteiger partial charge on any atom is -0.390 e. The van der Waals surface area contributed by atoms with Gasteiger partial charge in [-0.2, -0.15) is 11.8 Å². The van der Waals surface area contributed by atoms with Gasteiger partial charge in [-0.15, -0.1) is 0 Å². The smallest absolute Gasteiger partial charge is 0.246 e. The number of carbonyl (C=O) groups excluding carboxylic acids is 11. The van der Waals surface area contributed by atoms with E-state index in [9.17, 15) is 29.4 Å². The molecule has 0 aromatic rings. The van der Waals surface area contributed by atoms with E-state index in [4.69, 9.17) is 0 Å². The summed E-state index contributed by atoms with van der Waals surface area (Å²) >= 11 is 1.43. The number of piperazine rings is 1. The molecule has 0 bridgehead atoms. The Bertz CT molecular complexity index is 2700. The van der Waals surface area contributed by atoms with Crippen molar-refractivity contribution in [1.82, 2.24) is 65.4 Å². The highest BCUT2D eigenvalue weighted by atomic mass is 32.2. The molecule has 0 spiro atoms. The van der Waals surface area contributed by atoms with Crippen LogP contribution in [0.2, 0.25) is 0 Å². The van der Waals surface area contributed by atoms with Gasteiger partial charge in [0.15, 0.2) is 0 Å². The fourth-order valence-corrected chi connectivity index (χ4v) is 14.0. The molecule has 0 aromatic carbocycles. The Morgan fingerprint density at radius 2 is 0.949 bits per heavy atom. The molecule has 2 heterocycles. The zero-order valence-corrected chi connectivity index (χ0v) is 65.8. The van der Waals surface area contributed by atoms with Gasteiger partial charge in [-0.1, -0.05) is 102 Å². The topological polar surface area (TPSA) is 306 Å². The number of likely N-dealkylation sites (N-methyl/N-ethyl adjacent to an activating group) is 8. The third-order valence-electron chi connectivity index (χ3n) is 19.3. The van der Waals surface area contributed by atoms with E-state index in [-0.39, 0.29) is 62.0 Å². The van der Waals surface area contributed by atoms with Crippen LogP contribution in [0.5, 0.6) is 0 Å². The number of thioether (sulfide) groups is 1. The van der Waals surface area contributed by atoms with Crippen molar-refractivity contribution in [1.29, 1.82) is 0 Å². The van der Waals surface area contributed by atoms with Crippen LogP contribution in [-0.2, 0) is 52.7 Å². The van der Waals surface area contributed by atoms with Gasteiger partial charge in [-0.25, -0.2) is 0 Å². The van der Waals surface area contributed by atoms with E-state index in [1.165, 1.54) is 113 Å². The highest BCUT2D eigenvalue weighted by molar-refractivity contribution is 7.99. The Morgan fingerprint density at radius 1 is 0.505 bits per heavy atom. The van der Waals surface area contributed by atoms with Crippen LogP contribution in [0.15, 0.2) is 12.2 Å². The standard InChI is InChI=1S/C72H131N13O13S/c1-26-29-31-48(14)60(86)59-64(90)75-51(27-2)66(92)81(23)56(42-99-37-30-32-85-35-33-84(28-3)34-36-85)69(95)80(22)55(41-72(17,18)98)63(89)76-57(46(10)11)70(96)77(19)52(38-43(4)5)62(88)73-49(15)61(87)74-50(16)65(91)78(20)53(39-44(6)7)67(93)79(21)54(40-45(8)9)68(94)82(24)58(47(12)13)71(97)83(59)25/h26,29,43-60,86,98H,27-28,30-42H2,1-25H3,(H,73,88)(H,74,87)(H,75,90)(H,76,89)/t48-,49+,50-,51+,52+,53+,54+,55+,56-,57+,58+,59+,60-/m1/s1.